The highest BCUT2D eigenvalue weighted by molar-refractivity contribution is 7.88. The van der Waals surface area contributed by atoms with Crippen LogP contribution in [0.2, 0.25) is 0 Å². The summed E-state index contributed by atoms with van der Waals surface area (Å²) >= 11 is 0. The molecule has 0 aromatic heterocycles. The Bertz CT molecular complexity index is 719. The number of carbonyl (C=O) groups is 1. The molecular weight excluding hydrogens is 308 g/mol. The molecule has 7 nitrogen and oxygen atoms in total. The lowest BCUT2D eigenvalue weighted by atomic mass is 10.3. The molecule has 2 aromatic carbocycles. The molecule has 0 unspecified atom stereocenters. The first-order valence-corrected chi connectivity index (χ1v) is 7.59. The second-order valence-corrected chi connectivity index (χ2v) is 5.58. The molecule has 0 aliphatic carbocycles. The quantitative estimate of drug-likeness (QED) is 0.855. The van der Waals surface area contributed by atoms with Crippen molar-refractivity contribution in [3.05, 3.63) is 60.7 Å². The first-order chi connectivity index (χ1) is 10.5. The van der Waals surface area contributed by atoms with Gasteiger partial charge in [0, 0.05) is 5.69 Å². The molecule has 0 aliphatic rings. The van der Waals surface area contributed by atoms with Gasteiger partial charge < -0.3 is 4.84 Å². The Morgan fingerprint density at radius 2 is 1.55 bits per heavy atom. The van der Waals surface area contributed by atoms with Crippen LogP contribution >= 0.6 is 0 Å². The van der Waals surface area contributed by atoms with Crippen LogP contribution in [0.15, 0.2) is 60.7 Å². The van der Waals surface area contributed by atoms with Crippen molar-refractivity contribution >= 4 is 27.8 Å². The minimum Gasteiger partial charge on any atom is -0.304 e. The zero-order chi connectivity index (χ0) is 16.0. The molecule has 0 saturated heterocycles. The second-order valence-electron chi connectivity index (χ2n) is 4.06. The molecule has 0 spiro atoms. The number of hydrogen-bond donors (Lipinski definition) is 1. The highest BCUT2D eigenvalue weighted by atomic mass is 32.2. The lowest BCUT2D eigenvalue weighted by molar-refractivity contribution is 0.163. The summed E-state index contributed by atoms with van der Waals surface area (Å²) < 4.78 is 28.6. The van der Waals surface area contributed by atoms with Crippen molar-refractivity contribution in [1.82, 2.24) is 0 Å². The average molecular weight is 322 g/mol. The Morgan fingerprint density at radius 3 is 2.09 bits per heavy atom. The van der Waals surface area contributed by atoms with Crippen LogP contribution in [0.4, 0.5) is 16.2 Å². The number of hydrogen-bond acceptors (Lipinski definition) is 5. The van der Waals surface area contributed by atoms with Gasteiger partial charge in [-0.3, -0.25) is 9.50 Å². The molecule has 2 aromatic rings. The molecule has 0 bridgehead atoms. The summed E-state index contributed by atoms with van der Waals surface area (Å²) in [5.41, 5.74) is 0.600. The lowest BCUT2D eigenvalue weighted by Crippen LogP contribution is -2.35. The molecule has 0 heterocycles. The van der Waals surface area contributed by atoms with Crippen molar-refractivity contribution < 1.29 is 22.2 Å². The zero-order valence-corrected chi connectivity index (χ0v) is 12.5. The zero-order valence-electron chi connectivity index (χ0n) is 11.7. The molecule has 1 amide bonds. The summed E-state index contributed by atoms with van der Waals surface area (Å²) in [6, 6.07) is 16.3. The van der Waals surface area contributed by atoms with Gasteiger partial charge in [-0.15, -0.1) is 0 Å². The Morgan fingerprint density at radius 1 is 1.00 bits per heavy atom. The van der Waals surface area contributed by atoms with E-state index < -0.39 is 16.4 Å². The standard InChI is InChI=1S/C14H14N2O5S/c1-20-22(18,19)16(13-10-6-3-7-11-13)21-14(17)15-12-8-4-2-5-9-12/h2-11H,1H3,(H,15,17). The third-order valence-electron chi connectivity index (χ3n) is 2.57. The predicted molar refractivity (Wildman–Crippen MR) is 81.4 cm³/mol. The van der Waals surface area contributed by atoms with Crippen LogP contribution in [-0.4, -0.2) is 21.6 Å². The van der Waals surface area contributed by atoms with Gasteiger partial charge in [0.2, 0.25) is 0 Å². The number of para-hydroxylation sites is 2. The normalized spacial score (nSPS) is 10.8. The summed E-state index contributed by atoms with van der Waals surface area (Å²) in [5, 5.41) is 2.42. The third-order valence-corrected chi connectivity index (χ3v) is 3.68. The van der Waals surface area contributed by atoms with Gasteiger partial charge in [-0.1, -0.05) is 40.9 Å². The Labute approximate surface area is 128 Å². The molecule has 22 heavy (non-hydrogen) atoms. The first kappa shape index (κ1) is 15.8. The summed E-state index contributed by atoms with van der Waals surface area (Å²) in [7, 11) is -3.27. The highest BCUT2D eigenvalue weighted by Gasteiger charge is 2.27. The summed E-state index contributed by atoms with van der Waals surface area (Å²) in [6.07, 6.45) is -0.962. The molecule has 1 N–H and O–H groups in total. The maximum atomic E-state index is 11.9. The smallest absolute Gasteiger partial charge is 0.304 e. The van der Waals surface area contributed by atoms with Gasteiger partial charge in [-0.2, -0.15) is 8.42 Å². The van der Waals surface area contributed by atoms with E-state index in [0.29, 0.717) is 10.2 Å². The average Bonchev–Trinajstić information content (AvgIpc) is 2.54. The Kier molecular flexibility index (Phi) is 4.97. The molecule has 0 radical (unpaired) electrons. The molecule has 0 atom stereocenters. The fourth-order valence-corrected chi connectivity index (χ4v) is 2.26. The van der Waals surface area contributed by atoms with Crippen LogP contribution in [0.3, 0.4) is 0 Å². The van der Waals surface area contributed by atoms with Crippen LogP contribution in [0.1, 0.15) is 0 Å². The molecule has 0 saturated carbocycles. The summed E-state index contributed by atoms with van der Waals surface area (Å²) in [5.74, 6) is 0. The number of carbonyl (C=O) groups excluding carboxylic acids is 1. The van der Waals surface area contributed by atoms with E-state index in [4.69, 9.17) is 4.84 Å². The van der Waals surface area contributed by atoms with E-state index in [-0.39, 0.29) is 5.69 Å². The largest absolute Gasteiger partial charge is 0.437 e. The maximum Gasteiger partial charge on any atom is 0.437 e. The van der Waals surface area contributed by atoms with E-state index in [1.54, 1.807) is 48.5 Å². The topological polar surface area (TPSA) is 84.9 Å². The van der Waals surface area contributed by atoms with Crippen molar-refractivity contribution in [2.24, 2.45) is 0 Å². The molecular formula is C14H14N2O5S. The summed E-state index contributed by atoms with van der Waals surface area (Å²) in [6.45, 7) is 0. The molecule has 0 aliphatic heterocycles. The van der Waals surface area contributed by atoms with Crippen molar-refractivity contribution in [1.29, 1.82) is 0 Å². The highest BCUT2D eigenvalue weighted by Crippen LogP contribution is 2.19. The van der Waals surface area contributed by atoms with E-state index in [2.05, 4.69) is 9.50 Å². The van der Waals surface area contributed by atoms with Crippen LogP contribution in [-0.2, 0) is 19.3 Å². The third kappa shape index (κ3) is 3.96. The fraction of sp³-hybridized carbons (Fsp3) is 0.0714. The minimum absolute atomic E-state index is 0.132. The number of anilines is 2. The Balaban J connectivity index is 2.19. The number of nitrogens with one attached hydrogen (secondary N) is 1. The van der Waals surface area contributed by atoms with E-state index >= 15 is 0 Å². The van der Waals surface area contributed by atoms with Gasteiger partial charge in [0.25, 0.3) is 0 Å². The Hall–Kier alpha value is -2.58. The monoisotopic (exact) mass is 322 g/mol. The fourth-order valence-electron chi connectivity index (χ4n) is 1.58. The lowest BCUT2D eigenvalue weighted by Gasteiger charge is -2.20. The summed E-state index contributed by atoms with van der Waals surface area (Å²) in [4.78, 5) is 16.7. The van der Waals surface area contributed by atoms with Crippen LogP contribution in [0, 0.1) is 0 Å². The van der Waals surface area contributed by atoms with Gasteiger partial charge in [-0.25, -0.2) is 4.79 Å². The van der Waals surface area contributed by atoms with Crippen molar-refractivity contribution in [3.8, 4) is 0 Å². The van der Waals surface area contributed by atoms with Crippen molar-refractivity contribution in [2.45, 2.75) is 0 Å². The molecule has 116 valence electrons. The number of nitrogens with zero attached hydrogens (tertiary/aromatic N) is 1. The van der Waals surface area contributed by atoms with Gasteiger partial charge in [0.1, 0.15) is 0 Å². The van der Waals surface area contributed by atoms with Gasteiger partial charge in [0.05, 0.1) is 12.8 Å². The van der Waals surface area contributed by atoms with Crippen LogP contribution < -0.4 is 9.79 Å². The maximum absolute atomic E-state index is 11.9. The van der Waals surface area contributed by atoms with E-state index in [0.717, 1.165) is 7.11 Å². The number of rotatable bonds is 5. The van der Waals surface area contributed by atoms with Crippen molar-refractivity contribution in [2.75, 3.05) is 16.9 Å². The first-order valence-electron chi connectivity index (χ1n) is 6.23. The SMILES string of the molecule is COS(=O)(=O)N(OC(=O)Nc1ccccc1)c1ccccc1. The van der Waals surface area contributed by atoms with E-state index in [1.165, 1.54) is 12.1 Å². The van der Waals surface area contributed by atoms with Crippen LogP contribution in [0.5, 0.6) is 0 Å². The van der Waals surface area contributed by atoms with Gasteiger partial charge >= 0.3 is 16.4 Å². The minimum atomic E-state index is -4.25. The van der Waals surface area contributed by atoms with Gasteiger partial charge in [0.15, 0.2) is 0 Å². The molecule has 0 fully saturated rings. The number of benzene rings is 2. The second kappa shape index (κ2) is 6.92. The molecule has 8 heteroatoms. The van der Waals surface area contributed by atoms with Crippen molar-refractivity contribution in [3.63, 3.8) is 0 Å². The van der Waals surface area contributed by atoms with E-state index in [9.17, 15) is 13.2 Å². The van der Waals surface area contributed by atoms with Gasteiger partial charge in [-0.05, 0) is 24.3 Å². The number of amides is 1. The van der Waals surface area contributed by atoms with E-state index in [1.807, 2.05) is 0 Å². The predicted octanol–water partition coefficient (Wildman–Crippen LogP) is 2.55. The van der Waals surface area contributed by atoms with Crippen LogP contribution in [0.25, 0.3) is 0 Å². The molecule has 2 rings (SSSR count).